The van der Waals surface area contributed by atoms with Gasteiger partial charge in [0.2, 0.25) is 0 Å². The van der Waals surface area contributed by atoms with Gasteiger partial charge in [-0.1, -0.05) is 62.8 Å². The van der Waals surface area contributed by atoms with Crippen LogP contribution >= 0.6 is 0 Å². The second-order valence-corrected chi connectivity index (χ2v) is 7.78. The summed E-state index contributed by atoms with van der Waals surface area (Å²) in [5.74, 6) is 0.193. The number of nitrogens with zero attached hydrogens (tertiary/aromatic N) is 1. The van der Waals surface area contributed by atoms with Gasteiger partial charge < -0.3 is 17.2 Å². The zero-order chi connectivity index (χ0) is 16.2. The van der Waals surface area contributed by atoms with E-state index in [4.69, 9.17) is 17.2 Å². The van der Waals surface area contributed by atoms with Gasteiger partial charge in [-0.05, 0) is 43.1 Å². The molecule has 0 heterocycles. The van der Waals surface area contributed by atoms with Gasteiger partial charge >= 0.3 is 0 Å². The predicted molar refractivity (Wildman–Crippen MR) is 105 cm³/mol. The van der Waals surface area contributed by atoms with E-state index < -0.39 is 0 Å². The zero-order valence-electron chi connectivity index (χ0n) is 14.6. The Morgan fingerprint density at radius 1 is 0.773 bits per heavy atom. The van der Waals surface area contributed by atoms with E-state index >= 15 is 0 Å². The van der Waals surface area contributed by atoms with Crippen molar-refractivity contribution in [1.82, 2.24) is 0 Å². The standard InChI is InChI=1S/C8H19N3.C8H19N.2CH4/c1-8(2,3)5-4-6-11-7(9)10;1-8(2,3)6-4-5-7-9;;/h4-6H2,1-3H3,(H4,9,10,11);4-7,9H2,1-3H3;2*1H4. The molecule has 0 amide bonds. The Balaban J connectivity index is -0.000000137. The lowest BCUT2D eigenvalue weighted by Gasteiger charge is -2.16. The number of unbranched alkanes of at least 4 members (excludes halogenated alkanes) is 1. The van der Waals surface area contributed by atoms with Gasteiger partial charge in [0.15, 0.2) is 5.96 Å². The summed E-state index contributed by atoms with van der Waals surface area (Å²) in [5, 5.41) is 0. The van der Waals surface area contributed by atoms with Crippen molar-refractivity contribution in [2.24, 2.45) is 33.0 Å². The van der Waals surface area contributed by atoms with E-state index in [-0.39, 0.29) is 20.8 Å². The second kappa shape index (κ2) is 15.1. The summed E-state index contributed by atoms with van der Waals surface area (Å²) in [6, 6.07) is 0. The van der Waals surface area contributed by atoms with Crippen molar-refractivity contribution in [3.8, 4) is 0 Å². The molecule has 0 fully saturated rings. The van der Waals surface area contributed by atoms with Gasteiger partial charge in [0.1, 0.15) is 0 Å². The van der Waals surface area contributed by atoms with Crippen molar-refractivity contribution in [3.05, 3.63) is 0 Å². The van der Waals surface area contributed by atoms with E-state index in [2.05, 4.69) is 46.5 Å². The van der Waals surface area contributed by atoms with E-state index in [1.807, 2.05) is 0 Å². The first-order chi connectivity index (χ1) is 8.98. The fourth-order valence-electron chi connectivity index (χ4n) is 1.62. The van der Waals surface area contributed by atoms with Crippen LogP contribution in [0.5, 0.6) is 0 Å². The van der Waals surface area contributed by atoms with Crippen LogP contribution in [0, 0.1) is 10.8 Å². The summed E-state index contributed by atoms with van der Waals surface area (Å²) in [7, 11) is 0. The largest absolute Gasteiger partial charge is 0.370 e. The third-order valence-electron chi connectivity index (χ3n) is 2.76. The molecule has 138 valence electrons. The Bertz CT molecular complexity index is 243. The Morgan fingerprint density at radius 3 is 1.50 bits per heavy atom. The Labute approximate surface area is 141 Å². The van der Waals surface area contributed by atoms with Gasteiger partial charge in [-0.2, -0.15) is 0 Å². The fourth-order valence-corrected chi connectivity index (χ4v) is 1.62. The van der Waals surface area contributed by atoms with Gasteiger partial charge in [0.25, 0.3) is 0 Å². The summed E-state index contributed by atoms with van der Waals surface area (Å²) in [5.41, 5.74) is 16.6. The summed E-state index contributed by atoms with van der Waals surface area (Å²) in [6.45, 7) is 15.0. The minimum absolute atomic E-state index is 0. The van der Waals surface area contributed by atoms with Gasteiger partial charge in [-0.3, -0.25) is 4.99 Å². The highest BCUT2D eigenvalue weighted by molar-refractivity contribution is 5.75. The van der Waals surface area contributed by atoms with Crippen LogP contribution in [0.15, 0.2) is 4.99 Å². The maximum absolute atomic E-state index is 5.36. The molecule has 0 saturated carbocycles. The van der Waals surface area contributed by atoms with Crippen molar-refractivity contribution in [3.63, 3.8) is 0 Å². The van der Waals surface area contributed by atoms with Gasteiger partial charge in [0, 0.05) is 6.54 Å². The normalized spacial score (nSPS) is 10.5. The molecule has 0 aromatic heterocycles. The molecule has 0 saturated heterocycles. The van der Waals surface area contributed by atoms with Gasteiger partial charge in [0.05, 0.1) is 0 Å². The molecule has 0 spiro atoms. The molecule has 0 aliphatic carbocycles. The molecule has 0 aliphatic rings. The number of nitrogens with two attached hydrogens (primary N) is 3. The molecule has 0 atom stereocenters. The molecule has 0 aromatic carbocycles. The summed E-state index contributed by atoms with van der Waals surface area (Å²) in [6.07, 6.45) is 5.96. The smallest absolute Gasteiger partial charge is 0.185 e. The summed E-state index contributed by atoms with van der Waals surface area (Å²) in [4.78, 5) is 3.90. The number of rotatable bonds is 6. The molecule has 22 heavy (non-hydrogen) atoms. The van der Waals surface area contributed by atoms with Crippen molar-refractivity contribution in [2.45, 2.75) is 88.5 Å². The molecule has 4 heteroatoms. The molecule has 0 rings (SSSR count). The lowest BCUT2D eigenvalue weighted by Crippen LogP contribution is -2.23. The quantitative estimate of drug-likeness (QED) is 0.382. The second-order valence-electron chi connectivity index (χ2n) is 7.78. The number of hydrogen-bond acceptors (Lipinski definition) is 2. The van der Waals surface area contributed by atoms with E-state index in [0.717, 1.165) is 25.9 Å². The molecule has 6 N–H and O–H groups in total. The third-order valence-corrected chi connectivity index (χ3v) is 2.76. The lowest BCUT2D eigenvalue weighted by atomic mass is 9.90. The van der Waals surface area contributed by atoms with Crippen LogP contribution in [0.2, 0.25) is 0 Å². The van der Waals surface area contributed by atoms with Crippen LogP contribution in [0.1, 0.15) is 88.5 Å². The van der Waals surface area contributed by atoms with E-state index in [1.54, 1.807) is 0 Å². The van der Waals surface area contributed by atoms with Crippen molar-refractivity contribution in [1.29, 1.82) is 0 Å². The first kappa shape index (κ1) is 29.3. The molecule has 0 radical (unpaired) electrons. The third kappa shape index (κ3) is 36.5. The number of hydrogen-bond donors (Lipinski definition) is 3. The average Bonchev–Trinajstić information content (AvgIpc) is 2.22. The fraction of sp³-hybridized carbons (Fsp3) is 0.944. The molecule has 0 bridgehead atoms. The molecule has 0 aromatic rings. The number of guanidine groups is 1. The first-order valence-electron chi connectivity index (χ1n) is 7.73. The Morgan fingerprint density at radius 2 is 1.18 bits per heavy atom. The predicted octanol–water partition coefficient (Wildman–Crippen LogP) is 4.52. The highest BCUT2D eigenvalue weighted by Crippen LogP contribution is 2.21. The van der Waals surface area contributed by atoms with Gasteiger partial charge in [-0.15, -0.1) is 0 Å². The highest BCUT2D eigenvalue weighted by atomic mass is 15.0. The van der Waals surface area contributed by atoms with E-state index in [9.17, 15) is 0 Å². The van der Waals surface area contributed by atoms with E-state index in [0.29, 0.717) is 10.8 Å². The maximum atomic E-state index is 5.36. The highest BCUT2D eigenvalue weighted by Gasteiger charge is 2.08. The van der Waals surface area contributed by atoms with Gasteiger partial charge in [-0.25, -0.2) is 0 Å². The molecule has 4 nitrogen and oxygen atoms in total. The van der Waals surface area contributed by atoms with Crippen molar-refractivity contribution < 1.29 is 0 Å². The SMILES string of the molecule is C.C.CC(C)(C)CCCCN.CC(C)(C)CCCN=C(N)N. The number of aliphatic imine (C=N–C) groups is 1. The van der Waals surface area contributed by atoms with Crippen LogP contribution in [-0.4, -0.2) is 19.0 Å². The molecular weight excluding hydrogens is 272 g/mol. The summed E-state index contributed by atoms with van der Waals surface area (Å²) >= 11 is 0. The van der Waals surface area contributed by atoms with E-state index in [1.165, 1.54) is 19.3 Å². The maximum Gasteiger partial charge on any atom is 0.185 e. The van der Waals surface area contributed by atoms with Crippen molar-refractivity contribution in [2.75, 3.05) is 13.1 Å². The molecule has 0 unspecified atom stereocenters. The topological polar surface area (TPSA) is 90.4 Å². The van der Waals surface area contributed by atoms with Crippen LogP contribution < -0.4 is 17.2 Å². The van der Waals surface area contributed by atoms with Crippen LogP contribution in [0.25, 0.3) is 0 Å². The van der Waals surface area contributed by atoms with Crippen LogP contribution in [0.4, 0.5) is 0 Å². The Kier molecular flexibility index (Phi) is 20.1. The van der Waals surface area contributed by atoms with Crippen LogP contribution in [0.3, 0.4) is 0 Å². The minimum Gasteiger partial charge on any atom is -0.370 e. The monoisotopic (exact) mass is 318 g/mol. The first-order valence-corrected chi connectivity index (χ1v) is 7.73. The lowest BCUT2D eigenvalue weighted by molar-refractivity contribution is 0.361. The minimum atomic E-state index is 0. The van der Waals surface area contributed by atoms with Crippen molar-refractivity contribution >= 4 is 5.96 Å². The van der Waals surface area contributed by atoms with Crippen LogP contribution in [-0.2, 0) is 0 Å². The molecule has 0 aliphatic heterocycles. The summed E-state index contributed by atoms with van der Waals surface area (Å²) < 4.78 is 0. The Hall–Kier alpha value is -0.770. The average molecular weight is 319 g/mol. The zero-order valence-corrected chi connectivity index (χ0v) is 14.6. The molecular formula is C18H46N4.